The predicted octanol–water partition coefficient (Wildman–Crippen LogP) is 1.26. The van der Waals surface area contributed by atoms with Crippen molar-refractivity contribution < 1.29 is 9.47 Å². The van der Waals surface area contributed by atoms with Crippen molar-refractivity contribution in [2.45, 2.75) is 19.9 Å². The quantitative estimate of drug-likeness (QED) is 0.330. The molecular weight excluding hydrogens is 370 g/mol. The number of aliphatic imine (C=N–C) groups is 1. The highest BCUT2D eigenvalue weighted by Crippen LogP contribution is 2.18. The van der Waals surface area contributed by atoms with E-state index in [0.29, 0.717) is 12.4 Å². The highest BCUT2D eigenvalue weighted by molar-refractivity contribution is 5.79. The topological polar surface area (TPSA) is 99.7 Å². The fourth-order valence-corrected chi connectivity index (χ4v) is 3.07. The first kappa shape index (κ1) is 21.1. The van der Waals surface area contributed by atoms with Gasteiger partial charge in [0.15, 0.2) is 11.8 Å². The summed E-state index contributed by atoms with van der Waals surface area (Å²) in [5, 5.41) is 13.9. The van der Waals surface area contributed by atoms with E-state index < -0.39 is 0 Å². The van der Waals surface area contributed by atoms with Crippen molar-refractivity contribution in [2.75, 3.05) is 53.0 Å². The van der Waals surface area contributed by atoms with E-state index in [1.807, 2.05) is 24.3 Å². The third kappa shape index (κ3) is 6.72. The number of guanidine groups is 1. The molecular formula is C20H31N7O2. The standard InChI is InChI=1S/C20H31N7O2/c1-3-21-20(22-9-4-10-27-11-13-29-14-12-27)23-15-18-24-19(26-25-18)16-5-7-17(28-2)8-6-16/h5-8H,3-4,9-15H2,1-2H3,(H2,21,22,23)(H,24,25,26). The lowest BCUT2D eigenvalue weighted by molar-refractivity contribution is 0.0376. The van der Waals surface area contributed by atoms with Gasteiger partial charge in [-0.1, -0.05) is 0 Å². The number of ether oxygens (including phenoxy) is 2. The summed E-state index contributed by atoms with van der Waals surface area (Å²) in [5.74, 6) is 2.98. The molecule has 0 amide bonds. The second-order valence-corrected chi connectivity index (χ2v) is 6.76. The lowest BCUT2D eigenvalue weighted by Crippen LogP contribution is -2.40. The number of hydrogen-bond donors (Lipinski definition) is 3. The zero-order valence-electron chi connectivity index (χ0n) is 17.3. The molecule has 0 atom stereocenters. The Morgan fingerprint density at radius 1 is 1.24 bits per heavy atom. The van der Waals surface area contributed by atoms with Gasteiger partial charge in [0.05, 0.1) is 20.3 Å². The van der Waals surface area contributed by atoms with Gasteiger partial charge in [-0.2, -0.15) is 5.10 Å². The molecule has 0 bridgehead atoms. The highest BCUT2D eigenvalue weighted by atomic mass is 16.5. The molecule has 0 radical (unpaired) electrons. The van der Waals surface area contributed by atoms with Crippen LogP contribution in [0.25, 0.3) is 11.4 Å². The second-order valence-electron chi connectivity index (χ2n) is 6.76. The fourth-order valence-electron chi connectivity index (χ4n) is 3.07. The van der Waals surface area contributed by atoms with E-state index in [-0.39, 0.29) is 0 Å². The Morgan fingerprint density at radius 3 is 2.76 bits per heavy atom. The van der Waals surface area contributed by atoms with Crippen molar-refractivity contribution in [2.24, 2.45) is 4.99 Å². The van der Waals surface area contributed by atoms with Crippen molar-refractivity contribution >= 4 is 5.96 Å². The van der Waals surface area contributed by atoms with Crippen LogP contribution in [-0.4, -0.2) is 79.1 Å². The van der Waals surface area contributed by atoms with E-state index in [2.05, 4.69) is 42.6 Å². The van der Waals surface area contributed by atoms with Gasteiger partial charge in [0.25, 0.3) is 0 Å². The van der Waals surface area contributed by atoms with Crippen LogP contribution >= 0.6 is 0 Å². The molecule has 3 N–H and O–H groups in total. The Labute approximate surface area is 171 Å². The van der Waals surface area contributed by atoms with E-state index in [0.717, 1.165) is 75.5 Å². The van der Waals surface area contributed by atoms with Crippen LogP contribution in [0.5, 0.6) is 5.75 Å². The first-order valence-electron chi connectivity index (χ1n) is 10.2. The van der Waals surface area contributed by atoms with Crippen LogP contribution in [0.2, 0.25) is 0 Å². The van der Waals surface area contributed by atoms with Gasteiger partial charge in [-0.15, -0.1) is 0 Å². The third-order valence-corrected chi connectivity index (χ3v) is 4.66. The number of nitrogens with zero attached hydrogens (tertiary/aromatic N) is 4. The molecule has 3 rings (SSSR count). The van der Waals surface area contributed by atoms with Crippen LogP contribution in [0, 0.1) is 0 Å². The van der Waals surface area contributed by atoms with Gasteiger partial charge in [-0.25, -0.2) is 9.98 Å². The normalized spacial score (nSPS) is 15.3. The minimum Gasteiger partial charge on any atom is -0.497 e. The van der Waals surface area contributed by atoms with Crippen molar-refractivity contribution in [1.82, 2.24) is 30.7 Å². The number of rotatable bonds is 9. The molecule has 9 heteroatoms. The van der Waals surface area contributed by atoms with Crippen LogP contribution in [0.1, 0.15) is 19.2 Å². The van der Waals surface area contributed by atoms with Crippen LogP contribution in [0.15, 0.2) is 29.3 Å². The van der Waals surface area contributed by atoms with E-state index in [1.54, 1.807) is 7.11 Å². The maximum atomic E-state index is 5.38. The molecule has 0 unspecified atom stereocenters. The van der Waals surface area contributed by atoms with E-state index >= 15 is 0 Å². The molecule has 0 aliphatic carbocycles. The summed E-state index contributed by atoms with van der Waals surface area (Å²) in [6, 6.07) is 7.67. The lowest BCUT2D eigenvalue weighted by Gasteiger charge is -2.26. The number of H-pyrrole nitrogens is 1. The third-order valence-electron chi connectivity index (χ3n) is 4.66. The summed E-state index contributed by atoms with van der Waals surface area (Å²) in [5.41, 5.74) is 0.936. The number of morpholine rings is 1. The zero-order chi connectivity index (χ0) is 20.3. The molecule has 158 valence electrons. The van der Waals surface area contributed by atoms with Crippen LogP contribution in [0.3, 0.4) is 0 Å². The molecule has 1 aliphatic heterocycles. The van der Waals surface area contributed by atoms with Gasteiger partial charge in [0.2, 0.25) is 0 Å². The number of aromatic nitrogens is 3. The van der Waals surface area contributed by atoms with E-state index in [9.17, 15) is 0 Å². The van der Waals surface area contributed by atoms with Gasteiger partial charge in [0.1, 0.15) is 18.1 Å². The molecule has 2 heterocycles. The maximum absolute atomic E-state index is 5.38. The van der Waals surface area contributed by atoms with E-state index in [1.165, 1.54) is 0 Å². The molecule has 1 aromatic carbocycles. The van der Waals surface area contributed by atoms with Gasteiger partial charge in [0, 0.05) is 31.7 Å². The Bertz CT molecular complexity index is 754. The second kappa shape index (κ2) is 11.4. The van der Waals surface area contributed by atoms with Gasteiger partial charge in [-0.05, 0) is 44.2 Å². The first-order chi connectivity index (χ1) is 14.3. The summed E-state index contributed by atoms with van der Waals surface area (Å²) in [6.07, 6.45) is 1.06. The number of methoxy groups -OCH3 is 1. The Hall–Kier alpha value is -2.65. The fraction of sp³-hybridized carbons (Fsp3) is 0.550. The van der Waals surface area contributed by atoms with Gasteiger partial charge in [-0.3, -0.25) is 10.00 Å². The van der Waals surface area contributed by atoms with Gasteiger partial charge < -0.3 is 20.1 Å². The molecule has 29 heavy (non-hydrogen) atoms. The molecule has 1 aromatic heterocycles. The summed E-state index contributed by atoms with van der Waals surface area (Å²) in [4.78, 5) is 11.6. The number of nitrogens with one attached hydrogen (secondary N) is 3. The maximum Gasteiger partial charge on any atom is 0.191 e. The minimum atomic E-state index is 0.432. The van der Waals surface area contributed by atoms with Crippen molar-refractivity contribution in [1.29, 1.82) is 0 Å². The monoisotopic (exact) mass is 401 g/mol. The average molecular weight is 402 g/mol. The number of aromatic amines is 1. The highest BCUT2D eigenvalue weighted by Gasteiger charge is 2.10. The Balaban J connectivity index is 1.48. The summed E-state index contributed by atoms with van der Waals surface area (Å²) >= 11 is 0. The van der Waals surface area contributed by atoms with Crippen LogP contribution in [-0.2, 0) is 11.3 Å². The predicted molar refractivity (Wildman–Crippen MR) is 113 cm³/mol. The first-order valence-corrected chi connectivity index (χ1v) is 10.2. The summed E-state index contributed by atoms with van der Waals surface area (Å²) < 4.78 is 10.6. The van der Waals surface area contributed by atoms with Crippen molar-refractivity contribution in [3.63, 3.8) is 0 Å². The van der Waals surface area contributed by atoms with Crippen molar-refractivity contribution in [3.8, 4) is 17.1 Å². The molecule has 9 nitrogen and oxygen atoms in total. The molecule has 0 saturated carbocycles. The Kier molecular flexibility index (Phi) is 8.26. The largest absolute Gasteiger partial charge is 0.497 e. The minimum absolute atomic E-state index is 0.432. The Morgan fingerprint density at radius 2 is 2.03 bits per heavy atom. The smallest absolute Gasteiger partial charge is 0.191 e. The van der Waals surface area contributed by atoms with Crippen LogP contribution < -0.4 is 15.4 Å². The van der Waals surface area contributed by atoms with Crippen LogP contribution in [0.4, 0.5) is 0 Å². The lowest BCUT2D eigenvalue weighted by atomic mass is 10.2. The molecule has 2 aromatic rings. The van der Waals surface area contributed by atoms with Gasteiger partial charge >= 0.3 is 0 Å². The molecule has 0 spiro atoms. The molecule has 1 saturated heterocycles. The summed E-state index contributed by atoms with van der Waals surface area (Å²) in [6.45, 7) is 8.97. The molecule has 1 fully saturated rings. The number of benzene rings is 1. The molecule has 1 aliphatic rings. The number of hydrogen-bond acceptors (Lipinski definition) is 6. The average Bonchev–Trinajstić information content (AvgIpc) is 3.25. The summed E-state index contributed by atoms with van der Waals surface area (Å²) in [7, 11) is 1.65. The SMILES string of the molecule is CCNC(=NCc1nc(-c2ccc(OC)cc2)n[nH]1)NCCCN1CCOCC1. The zero-order valence-corrected chi connectivity index (χ0v) is 17.3. The van der Waals surface area contributed by atoms with Crippen molar-refractivity contribution in [3.05, 3.63) is 30.1 Å². The van der Waals surface area contributed by atoms with E-state index in [4.69, 9.17) is 9.47 Å².